The molecule has 3 atom stereocenters. The number of rotatable bonds is 33. The quantitative estimate of drug-likeness (QED) is 0.0278. The van der Waals surface area contributed by atoms with Crippen molar-refractivity contribution in [2.45, 2.75) is 167 Å². The van der Waals surface area contributed by atoms with E-state index in [1.807, 2.05) is 27.2 Å². The lowest BCUT2D eigenvalue weighted by molar-refractivity contribution is -0.870. The largest absolute Gasteiger partial charge is 0.472 e. The van der Waals surface area contributed by atoms with E-state index in [4.69, 9.17) is 9.05 Å². The Morgan fingerprint density at radius 1 is 0.717 bits per heavy atom. The van der Waals surface area contributed by atoms with E-state index in [2.05, 4.69) is 31.3 Å². The van der Waals surface area contributed by atoms with Gasteiger partial charge in [0.2, 0.25) is 5.91 Å². The van der Waals surface area contributed by atoms with Crippen LogP contribution in [0.1, 0.15) is 155 Å². The number of nitrogens with one attached hydrogen (secondary N) is 1. The lowest BCUT2D eigenvalue weighted by Crippen LogP contribution is -2.45. The first-order valence-electron chi connectivity index (χ1n) is 18.7. The Hall–Kier alpha value is -1.02. The molecule has 3 N–H and O–H groups in total. The number of carbonyl (C=O) groups excluding carboxylic acids is 1. The highest BCUT2D eigenvalue weighted by atomic mass is 31.2. The molecule has 0 aliphatic carbocycles. The van der Waals surface area contributed by atoms with Gasteiger partial charge in [-0.15, -0.1) is 0 Å². The van der Waals surface area contributed by atoms with Crippen molar-refractivity contribution >= 4 is 13.7 Å². The van der Waals surface area contributed by atoms with Crippen molar-refractivity contribution in [3.05, 3.63) is 24.3 Å². The summed E-state index contributed by atoms with van der Waals surface area (Å²) < 4.78 is 23.3. The number of aliphatic hydroxyl groups is 1. The summed E-state index contributed by atoms with van der Waals surface area (Å²) >= 11 is 0. The normalized spacial score (nSPS) is 15.0. The molecule has 0 saturated heterocycles. The average Bonchev–Trinajstić information content (AvgIpc) is 2.99. The minimum absolute atomic E-state index is 0.0569. The lowest BCUT2D eigenvalue weighted by atomic mass is 10.0. The van der Waals surface area contributed by atoms with Crippen LogP contribution >= 0.6 is 7.82 Å². The van der Waals surface area contributed by atoms with Gasteiger partial charge < -0.3 is 19.8 Å². The first kappa shape index (κ1) is 45.0. The number of allylic oxidation sites excluding steroid dienone is 3. The molecule has 8 nitrogen and oxygen atoms in total. The minimum atomic E-state index is -4.32. The van der Waals surface area contributed by atoms with Crippen LogP contribution in [0.2, 0.25) is 0 Å². The number of unbranched alkanes of at least 4 members (excludes halogenated alkanes) is 18. The smallest absolute Gasteiger partial charge is 0.387 e. The molecule has 0 aromatic heterocycles. The van der Waals surface area contributed by atoms with Crippen molar-refractivity contribution < 1.29 is 32.9 Å². The Morgan fingerprint density at radius 3 is 1.74 bits per heavy atom. The van der Waals surface area contributed by atoms with E-state index >= 15 is 0 Å². The topological polar surface area (TPSA) is 105 Å². The predicted molar refractivity (Wildman–Crippen MR) is 194 cm³/mol. The van der Waals surface area contributed by atoms with Gasteiger partial charge in [0.1, 0.15) is 13.2 Å². The van der Waals surface area contributed by atoms with Crippen LogP contribution in [0.5, 0.6) is 0 Å². The molecule has 0 rings (SSSR count). The van der Waals surface area contributed by atoms with Gasteiger partial charge in [0.15, 0.2) is 0 Å². The van der Waals surface area contributed by atoms with Gasteiger partial charge in [0.05, 0.1) is 39.9 Å². The lowest BCUT2D eigenvalue weighted by Gasteiger charge is -2.25. The molecule has 0 aromatic rings. The van der Waals surface area contributed by atoms with Gasteiger partial charge in [-0.1, -0.05) is 141 Å². The summed E-state index contributed by atoms with van der Waals surface area (Å²) in [6.45, 7) is 4.68. The number of amides is 1. The van der Waals surface area contributed by atoms with Crippen molar-refractivity contribution in [1.82, 2.24) is 5.32 Å². The molecule has 272 valence electrons. The predicted octanol–water partition coefficient (Wildman–Crippen LogP) is 9.41. The number of carbonyl (C=O) groups is 1. The second kappa shape index (κ2) is 30.1. The fourth-order valence-corrected chi connectivity index (χ4v) is 5.85. The molecule has 0 heterocycles. The summed E-state index contributed by atoms with van der Waals surface area (Å²) in [5, 5.41) is 13.6. The SMILES string of the molecule is CCCCCCCCCCCCCCC/C=C/CC/C=C/C(O)C(COP(=O)(O)OCC[N+](C)(C)C)NC(=O)CCCCCCC. The first-order chi connectivity index (χ1) is 22.0. The zero-order chi connectivity index (χ0) is 34.4. The number of likely N-dealkylation sites (N-methyl/N-ethyl adjacent to an activating group) is 1. The monoisotopic (exact) mass is 674 g/mol. The number of nitrogens with zero attached hydrogens (tertiary/aromatic N) is 1. The zero-order valence-electron chi connectivity index (χ0n) is 30.6. The Balaban J connectivity index is 4.38. The van der Waals surface area contributed by atoms with Crippen LogP contribution in [0.25, 0.3) is 0 Å². The summed E-state index contributed by atoms with van der Waals surface area (Å²) in [5.74, 6) is -0.202. The van der Waals surface area contributed by atoms with Crippen molar-refractivity contribution in [3.8, 4) is 0 Å². The van der Waals surface area contributed by atoms with Crippen LogP contribution in [-0.2, 0) is 18.4 Å². The molecule has 0 spiro atoms. The third-order valence-electron chi connectivity index (χ3n) is 8.17. The number of hydrogen-bond acceptors (Lipinski definition) is 5. The molecule has 9 heteroatoms. The highest BCUT2D eigenvalue weighted by Gasteiger charge is 2.27. The van der Waals surface area contributed by atoms with E-state index in [9.17, 15) is 19.4 Å². The Bertz CT molecular complexity index is 814. The summed E-state index contributed by atoms with van der Waals surface area (Å²) in [4.78, 5) is 22.7. The molecule has 0 aliphatic rings. The van der Waals surface area contributed by atoms with E-state index in [1.165, 1.54) is 83.5 Å². The van der Waals surface area contributed by atoms with E-state index < -0.39 is 20.0 Å². The van der Waals surface area contributed by atoms with Crippen LogP contribution < -0.4 is 5.32 Å². The van der Waals surface area contributed by atoms with Crippen molar-refractivity contribution in [2.75, 3.05) is 40.9 Å². The molecule has 1 amide bonds. The van der Waals surface area contributed by atoms with Gasteiger partial charge in [-0.25, -0.2) is 4.57 Å². The summed E-state index contributed by atoms with van der Waals surface area (Å²) in [6, 6.07) is -0.854. The van der Waals surface area contributed by atoms with Gasteiger partial charge in [-0.05, 0) is 32.1 Å². The fourth-order valence-electron chi connectivity index (χ4n) is 5.11. The van der Waals surface area contributed by atoms with Gasteiger partial charge in [0.25, 0.3) is 0 Å². The molecule has 0 aliphatic heterocycles. The highest BCUT2D eigenvalue weighted by Crippen LogP contribution is 2.43. The number of aliphatic hydroxyl groups excluding tert-OH is 1. The van der Waals surface area contributed by atoms with Crippen LogP contribution in [0.15, 0.2) is 24.3 Å². The maximum atomic E-state index is 12.6. The number of phosphoric ester groups is 1. The van der Waals surface area contributed by atoms with Gasteiger partial charge in [0, 0.05) is 6.42 Å². The van der Waals surface area contributed by atoms with Crippen LogP contribution in [0, 0.1) is 0 Å². The number of phosphoric acid groups is 1. The number of quaternary nitrogens is 1. The van der Waals surface area contributed by atoms with Crippen LogP contribution in [0.3, 0.4) is 0 Å². The first-order valence-corrected chi connectivity index (χ1v) is 20.2. The molecule has 0 aromatic carbocycles. The minimum Gasteiger partial charge on any atom is -0.387 e. The Labute approximate surface area is 284 Å². The molecular weight excluding hydrogens is 599 g/mol. The molecule has 3 unspecified atom stereocenters. The van der Waals surface area contributed by atoms with E-state index in [1.54, 1.807) is 6.08 Å². The van der Waals surface area contributed by atoms with Crippen molar-refractivity contribution in [1.29, 1.82) is 0 Å². The van der Waals surface area contributed by atoms with Crippen molar-refractivity contribution in [3.63, 3.8) is 0 Å². The maximum absolute atomic E-state index is 12.6. The molecule has 46 heavy (non-hydrogen) atoms. The van der Waals surface area contributed by atoms with Gasteiger partial charge in [-0.2, -0.15) is 0 Å². The van der Waals surface area contributed by atoms with Gasteiger partial charge >= 0.3 is 7.82 Å². The van der Waals surface area contributed by atoms with Gasteiger partial charge in [-0.3, -0.25) is 13.8 Å². The third kappa shape index (κ3) is 31.6. The van der Waals surface area contributed by atoms with E-state index in [0.717, 1.165) is 51.4 Å². The fraction of sp³-hybridized carbons (Fsp3) is 0.865. The molecular formula is C37H74N2O6P+. The van der Waals surface area contributed by atoms with Crippen LogP contribution in [-0.4, -0.2) is 73.4 Å². The summed E-state index contributed by atoms with van der Waals surface area (Å²) in [7, 11) is 1.55. The summed E-state index contributed by atoms with van der Waals surface area (Å²) in [6.07, 6.45) is 32.9. The second-order valence-electron chi connectivity index (χ2n) is 13.9. The molecule has 0 bridgehead atoms. The Kier molecular flexibility index (Phi) is 29.4. The van der Waals surface area contributed by atoms with E-state index in [0.29, 0.717) is 17.4 Å². The molecule has 0 radical (unpaired) electrons. The number of hydrogen-bond donors (Lipinski definition) is 3. The van der Waals surface area contributed by atoms with Crippen LogP contribution in [0.4, 0.5) is 0 Å². The Morgan fingerprint density at radius 2 is 1.20 bits per heavy atom. The third-order valence-corrected chi connectivity index (χ3v) is 9.16. The average molecular weight is 674 g/mol. The van der Waals surface area contributed by atoms with E-state index in [-0.39, 0.29) is 19.1 Å². The standard InChI is InChI=1S/C37H73N2O6P/c1-6-8-10-12-13-14-15-16-17-18-19-20-21-22-23-24-25-27-28-30-36(40)35(38-37(41)31-29-26-11-9-7-2)34-45-46(42,43)44-33-32-39(3,4)5/h23-24,28,30,35-36,40H,6-22,25-27,29,31-34H2,1-5H3,(H-,38,41,42,43)/p+1/b24-23+,30-28+. The summed E-state index contributed by atoms with van der Waals surface area (Å²) in [5.41, 5.74) is 0. The molecule has 0 fully saturated rings. The zero-order valence-corrected chi connectivity index (χ0v) is 31.5. The highest BCUT2D eigenvalue weighted by molar-refractivity contribution is 7.47. The maximum Gasteiger partial charge on any atom is 0.472 e. The van der Waals surface area contributed by atoms with Crippen molar-refractivity contribution in [2.24, 2.45) is 0 Å². The second-order valence-corrected chi connectivity index (χ2v) is 15.4. The molecule has 0 saturated carbocycles.